The van der Waals surface area contributed by atoms with Gasteiger partial charge in [0.15, 0.2) is 0 Å². The van der Waals surface area contributed by atoms with Crippen molar-refractivity contribution < 1.29 is 4.79 Å². The fourth-order valence-corrected chi connectivity index (χ4v) is 2.39. The lowest BCUT2D eigenvalue weighted by Gasteiger charge is -2.30. The molecule has 5 heteroatoms. The zero-order valence-electron chi connectivity index (χ0n) is 13.2. The van der Waals surface area contributed by atoms with E-state index in [9.17, 15) is 4.79 Å². The van der Waals surface area contributed by atoms with E-state index in [1.807, 2.05) is 18.9 Å². The molecule has 114 valence electrons. The number of rotatable bonds is 2. The number of aromatic nitrogens is 1. The number of nitrogens with zero attached hydrogens (tertiary/aromatic N) is 2. The lowest BCUT2D eigenvalue weighted by Crippen LogP contribution is -2.46. The molecule has 1 N–H and O–H groups in total. The molecule has 0 bridgehead atoms. The van der Waals surface area contributed by atoms with Crippen molar-refractivity contribution in [3.63, 3.8) is 0 Å². The van der Waals surface area contributed by atoms with Crippen LogP contribution in [-0.4, -0.2) is 35.0 Å². The molecule has 1 aliphatic rings. The van der Waals surface area contributed by atoms with Crippen LogP contribution >= 0.6 is 13.5 Å². The van der Waals surface area contributed by atoms with Crippen molar-refractivity contribution in [3.8, 4) is 0 Å². The Morgan fingerprint density at radius 1 is 1.35 bits per heavy atom. The number of likely N-dealkylation sites (N-methyl/N-ethyl adjacent to an activating group) is 1. The lowest BCUT2D eigenvalue weighted by atomic mass is 9.89. The summed E-state index contributed by atoms with van der Waals surface area (Å²) in [6.07, 6.45) is 2.23. The van der Waals surface area contributed by atoms with Gasteiger partial charge in [-0.15, -0.1) is 0 Å². The third-order valence-electron chi connectivity index (χ3n) is 3.93. The van der Waals surface area contributed by atoms with Gasteiger partial charge in [-0.2, -0.15) is 13.5 Å². The molecular weight excluding hydrogens is 270 g/mol. The molecule has 1 atom stereocenters. The molecule has 20 heavy (non-hydrogen) atoms. The number of hydrogen-bond acceptors (Lipinski definition) is 2. The van der Waals surface area contributed by atoms with Crippen LogP contribution in [0.3, 0.4) is 0 Å². The van der Waals surface area contributed by atoms with Crippen LogP contribution in [0.5, 0.6) is 0 Å². The summed E-state index contributed by atoms with van der Waals surface area (Å²) in [6.45, 7) is 11.0. The van der Waals surface area contributed by atoms with E-state index in [1.165, 1.54) is 11.3 Å². The molecule has 4 nitrogen and oxygen atoms in total. The van der Waals surface area contributed by atoms with Crippen LogP contribution in [0.2, 0.25) is 0 Å². The number of carbonyl (C=O) groups excluding carboxylic acids is 1. The van der Waals surface area contributed by atoms with E-state index < -0.39 is 0 Å². The molecule has 0 unspecified atom stereocenters. The highest BCUT2D eigenvalue weighted by Gasteiger charge is 2.26. The number of hydrogen-bond donors (Lipinski definition) is 1. The Labute approximate surface area is 129 Å². The van der Waals surface area contributed by atoms with E-state index in [2.05, 4.69) is 42.9 Å². The molecule has 0 aromatic carbocycles. The monoisotopic (exact) mass is 297 g/mol. The van der Waals surface area contributed by atoms with Gasteiger partial charge in [0.05, 0.1) is 12.6 Å². The second-order valence-corrected chi connectivity index (χ2v) is 6.43. The largest absolute Gasteiger partial charge is 0.348 e. The highest BCUT2D eigenvalue weighted by atomic mass is 32.1. The first kappa shape index (κ1) is 17.1. The van der Waals surface area contributed by atoms with Crippen LogP contribution in [0.25, 0.3) is 0 Å². The Morgan fingerprint density at radius 3 is 2.55 bits per heavy atom. The van der Waals surface area contributed by atoms with Crippen molar-refractivity contribution >= 4 is 19.4 Å². The van der Waals surface area contributed by atoms with Crippen LogP contribution in [-0.2, 0) is 23.3 Å². The van der Waals surface area contributed by atoms with Gasteiger partial charge in [-0.3, -0.25) is 4.79 Å². The smallest absolute Gasteiger partial charge is 0.239 e. The summed E-state index contributed by atoms with van der Waals surface area (Å²) in [5, 5.41) is 3.02. The molecular formula is C15H27N3OS. The molecule has 1 amide bonds. The quantitative estimate of drug-likeness (QED) is 0.904. The molecule has 0 aliphatic carbocycles. The highest BCUT2D eigenvalue weighted by molar-refractivity contribution is 7.59. The maximum Gasteiger partial charge on any atom is 0.239 e. The zero-order valence-corrected chi connectivity index (χ0v) is 14.2. The van der Waals surface area contributed by atoms with E-state index in [4.69, 9.17) is 0 Å². The number of fused-ring (bicyclic) bond motifs is 1. The van der Waals surface area contributed by atoms with Gasteiger partial charge in [0.1, 0.15) is 0 Å². The molecule has 0 fully saturated rings. The maximum absolute atomic E-state index is 12.2. The molecule has 1 aromatic heterocycles. The number of carbonyl (C=O) groups is 1. The fourth-order valence-electron chi connectivity index (χ4n) is 2.39. The summed E-state index contributed by atoms with van der Waals surface area (Å²) in [4.78, 5) is 14.1. The minimum Gasteiger partial charge on any atom is -0.348 e. The topological polar surface area (TPSA) is 37.3 Å². The second kappa shape index (κ2) is 6.22. The minimum absolute atomic E-state index is 0. The van der Waals surface area contributed by atoms with Crippen molar-refractivity contribution in [1.82, 2.24) is 14.8 Å². The van der Waals surface area contributed by atoms with E-state index in [1.54, 1.807) is 0 Å². The average Bonchev–Trinajstić information content (AvgIpc) is 2.79. The van der Waals surface area contributed by atoms with Crippen molar-refractivity contribution in [2.75, 3.05) is 13.6 Å². The number of nitrogens with one attached hydrogen (secondary N) is 1. The molecule has 0 radical (unpaired) electrons. The standard InChI is InChI=1S/C15H25N3O.H2S/c1-11(16-5)14(19)18-7-6-17-9-12(15(2,3)4)8-13(17)10-18;/h8-9,11,16H,6-7,10H2,1-5H3;1H2/t11-;/m0./s1. The van der Waals surface area contributed by atoms with E-state index in [0.717, 1.165) is 19.6 Å². The third-order valence-corrected chi connectivity index (χ3v) is 3.93. The highest BCUT2D eigenvalue weighted by Crippen LogP contribution is 2.26. The van der Waals surface area contributed by atoms with Crippen molar-refractivity contribution in [3.05, 3.63) is 23.5 Å². The Hall–Kier alpha value is -0.940. The predicted octanol–water partition coefficient (Wildman–Crippen LogP) is 1.85. The SMILES string of the molecule is CN[C@@H](C)C(=O)N1CCn2cc(C(C)(C)C)cc2C1.S. The van der Waals surface area contributed by atoms with Gasteiger partial charge in [0.2, 0.25) is 5.91 Å². The maximum atomic E-state index is 12.2. The van der Waals surface area contributed by atoms with E-state index in [-0.39, 0.29) is 30.9 Å². The fraction of sp³-hybridized carbons (Fsp3) is 0.667. The molecule has 0 saturated heterocycles. The van der Waals surface area contributed by atoms with Gasteiger partial charge in [-0.1, -0.05) is 20.8 Å². The van der Waals surface area contributed by atoms with Crippen molar-refractivity contribution in [1.29, 1.82) is 0 Å². The van der Waals surface area contributed by atoms with Crippen LogP contribution in [0.15, 0.2) is 12.3 Å². The summed E-state index contributed by atoms with van der Waals surface area (Å²) in [5.74, 6) is 0.187. The normalized spacial score (nSPS) is 16.4. The van der Waals surface area contributed by atoms with Crippen LogP contribution in [0.1, 0.15) is 39.0 Å². The van der Waals surface area contributed by atoms with Gasteiger partial charge in [0.25, 0.3) is 0 Å². The first-order valence-electron chi connectivity index (χ1n) is 6.98. The van der Waals surface area contributed by atoms with E-state index >= 15 is 0 Å². The van der Waals surface area contributed by atoms with Crippen LogP contribution < -0.4 is 5.32 Å². The molecule has 1 aliphatic heterocycles. The third kappa shape index (κ3) is 3.38. The Kier molecular flexibility index (Phi) is 5.33. The van der Waals surface area contributed by atoms with Crippen molar-refractivity contribution in [2.45, 2.75) is 52.2 Å². The predicted molar refractivity (Wildman–Crippen MR) is 87.5 cm³/mol. The Bertz CT molecular complexity index is 476. The van der Waals surface area contributed by atoms with Gasteiger partial charge >= 0.3 is 0 Å². The van der Waals surface area contributed by atoms with Gasteiger partial charge < -0.3 is 14.8 Å². The number of amides is 1. The minimum atomic E-state index is -0.108. The first-order valence-corrected chi connectivity index (χ1v) is 6.98. The summed E-state index contributed by atoms with van der Waals surface area (Å²) >= 11 is 0. The van der Waals surface area contributed by atoms with Crippen molar-refractivity contribution in [2.24, 2.45) is 0 Å². The summed E-state index contributed by atoms with van der Waals surface area (Å²) in [5.41, 5.74) is 2.75. The summed E-state index contributed by atoms with van der Waals surface area (Å²) in [7, 11) is 1.83. The molecule has 2 rings (SSSR count). The molecule has 0 saturated carbocycles. The molecule has 0 spiro atoms. The zero-order chi connectivity index (χ0) is 14.2. The Morgan fingerprint density at radius 2 is 2.00 bits per heavy atom. The molecule has 2 heterocycles. The van der Waals surface area contributed by atoms with Gasteiger partial charge in [0, 0.05) is 25.0 Å². The Balaban J connectivity index is 0.00000200. The van der Waals surface area contributed by atoms with Gasteiger partial charge in [-0.05, 0) is 31.0 Å². The van der Waals surface area contributed by atoms with Crippen LogP contribution in [0.4, 0.5) is 0 Å². The first-order chi connectivity index (χ1) is 8.82. The van der Waals surface area contributed by atoms with Gasteiger partial charge in [-0.25, -0.2) is 0 Å². The van der Waals surface area contributed by atoms with E-state index in [0.29, 0.717) is 0 Å². The van der Waals surface area contributed by atoms with Crippen LogP contribution in [0, 0.1) is 0 Å². The lowest BCUT2D eigenvalue weighted by molar-refractivity contribution is -0.134. The average molecular weight is 297 g/mol. The summed E-state index contributed by atoms with van der Waals surface area (Å²) < 4.78 is 2.29. The molecule has 1 aromatic rings. The summed E-state index contributed by atoms with van der Waals surface area (Å²) in [6, 6.07) is 2.13. The second-order valence-electron chi connectivity index (χ2n) is 6.43.